The zero-order valence-electron chi connectivity index (χ0n) is 10.1. The Balaban J connectivity index is 2.07. The first kappa shape index (κ1) is 11.2. The minimum Gasteiger partial charge on any atom is -0.399 e. The molecule has 16 heavy (non-hydrogen) atoms. The third-order valence-corrected chi connectivity index (χ3v) is 3.42. The third kappa shape index (κ3) is 1.99. The minimum atomic E-state index is -0.215. The van der Waals surface area contributed by atoms with Crippen molar-refractivity contribution in [2.24, 2.45) is 11.3 Å². The molecule has 0 aromatic heterocycles. The Labute approximate surface area is 96.2 Å². The Morgan fingerprint density at radius 1 is 1.31 bits per heavy atom. The van der Waals surface area contributed by atoms with E-state index in [1.54, 1.807) is 12.1 Å². The average molecular weight is 222 g/mol. The van der Waals surface area contributed by atoms with Crippen LogP contribution in [-0.2, 0) is 0 Å². The minimum absolute atomic E-state index is 0.215. The number of nitrogens with two attached hydrogens (primary N) is 1. The van der Waals surface area contributed by atoms with Gasteiger partial charge in [0.1, 0.15) is 5.82 Å². The largest absolute Gasteiger partial charge is 0.399 e. The van der Waals surface area contributed by atoms with Crippen LogP contribution in [0, 0.1) is 17.2 Å². The standard InChI is InChI=1S/C13H19FN2/c1-13(2,3)9-7-16(8-9)12-5-4-10(15)6-11(12)14/h4-6,9H,7-8,15H2,1-3H3. The average Bonchev–Trinajstić information content (AvgIpc) is 2.03. The van der Waals surface area contributed by atoms with Crippen molar-refractivity contribution in [2.75, 3.05) is 23.7 Å². The molecule has 0 atom stereocenters. The van der Waals surface area contributed by atoms with Crippen molar-refractivity contribution in [1.82, 2.24) is 0 Å². The van der Waals surface area contributed by atoms with Crippen LogP contribution >= 0.6 is 0 Å². The Morgan fingerprint density at radius 3 is 2.44 bits per heavy atom. The molecule has 0 aliphatic carbocycles. The summed E-state index contributed by atoms with van der Waals surface area (Å²) >= 11 is 0. The summed E-state index contributed by atoms with van der Waals surface area (Å²) in [5.74, 6) is 0.428. The Morgan fingerprint density at radius 2 is 1.94 bits per heavy atom. The number of hydrogen-bond donors (Lipinski definition) is 1. The van der Waals surface area contributed by atoms with E-state index in [0.29, 0.717) is 22.7 Å². The lowest BCUT2D eigenvalue weighted by Crippen LogP contribution is -2.52. The fourth-order valence-electron chi connectivity index (χ4n) is 2.00. The van der Waals surface area contributed by atoms with Gasteiger partial charge in [-0.05, 0) is 29.5 Å². The van der Waals surface area contributed by atoms with Crippen molar-refractivity contribution in [1.29, 1.82) is 0 Å². The van der Waals surface area contributed by atoms with E-state index >= 15 is 0 Å². The van der Waals surface area contributed by atoms with Crippen LogP contribution < -0.4 is 10.6 Å². The number of hydrogen-bond acceptors (Lipinski definition) is 2. The lowest BCUT2D eigenvalue weighted by molar-refractivity contribution is 0.194. The fourth-order valence-corrected chi connectivity index (χ4v) is 2.00. The second kappa shape index (κ2) is 3.65. The summed E-state index contributed by atoms with van der Waals surface area (Å²) in [4.78, 5) is 2.07. The highest BCUT2D eigenvalue weighted by Gasteiger charge is 2.36. The van der Waals surface area contributed by atoms with Crippen LogP contribution in [0.5, 0.6) is 0 Å². The third-order valence-electron chi connectivity index (χ3n) is 3.42. The highest BCUT2D eigenvalue weighted by molar-refractivity contribution is 5.56. The van der Waals surface area contributed by atoms with Gasteiger partial charge in [0.05, 0.1) is 5.69 Å². The first-order valence-electron chi connectivity index (χ1n) is 5.68. The van der Waals surface area contributed by atoms with E-state index in [4.69, 9.17) is 5.73 Å². The van der Waals surface area contributed by atoms with Crippen molar-refractivity contribution in [3.63, 3.8) is 0 Å². The zero-order valence-corrected chi connectivity index (χ0v) is 10.1. The van der Waals surface area contributed by atoms with Crippen LogP contribution in [-0.4, -0.2) is 13.1 Å². The van der Waals surface area contributed by atoms with Crippen molar-refractivity contribution >= 4 is 11.4 Å². The summed E-state index contributed by atoms with van der Waals surface area (Å²) in [5.41, 5.74) is 6.99. The summed E-state index contributed by atoms with van der Waals surface area (Å²) in [5, 5.41) is 0. The number of rotatable bonds is 1. The van der Waals surface area contributed by atoms with E-state index < -0.39 is 0 Å². The molecule has 0 radical (unpaired) electrons. The molecule has 1 aliphatic heterocycles. The molecular formula is C13H19FN2. The van der Waals surface area contributed by atoms with Gasteiger partial charge in [0, 0.05) is 18.8 Å². The van der Waals surface area contributed by atoms with Gasteiger partial charge in [-0.1, -0.05) is 20.8 Å². The molecule has 0 spiro atoms. The summed E-state index contributed by atoms with van der Waals surface area (Å²) in [6.07, 6.45) is 0. The molecule has 2 nitrogen and oxygen atoms in total. The monoisotopic (exact) mass is 222 g/mol. The quantitative estimate of drug-likeness (QED) is 0.740. The Kier molecular flexibility index (Phi) is 2.56. The fraction of sp³-hybridized carbons (Fsp3) is 0.538. The van der Waals surface area contributed by atoms with E-state index in [1.807, 2.05) is 0 Å². The van der Waals surface area contributed by atoms with Gasteiger partial charge >= 0.3 is 0 Å². The molecule has 2 N–H and O–H groups in total. The molecule has 0 unspecified atom stereocenters. The molecule has 1 aliphatic rings. The van der Waals surface area contributed by atoms with Crippen molar-refractivity contribution in [3.05, 3.63) is 24.0 Å². The molecule has 1 saturated heterocycles. The van der Waals surface area contributed by atoms with Crippen molar-refractivity contribution < 1.29 is 4.39 Å². The number of nitrogen functional groups attached to an aromatic ring is 1. The highest BCUT2D eigenvalue weighted by atomic mass is 19.1. The Bertz CT molecular complexity index is 389. The molecule has 1 aromatic rings. The van der Waals surface area contributed by atoms with E-state index in [2.05, 4.69) is 25.7 Å². The highest BCUT2D eigenvalue weighted by Crippen LogP contribution is 2.37. The number of halogens is 1. The van der Waals surface area contributed by atoms with Gasteiger partial charge in [0.15, 0.2) is 0 Å². The van der Waals surface area contributed by atoms with Gasteiger partial charge in [-0.2, -0.15) is 0 Å². The number of benzene rings is 1. The van der Waals surface area contributed by atoms with Gasteiger partial charge in [0.2, 0.25) is 0 Å². The topological polar surface area (TPSA) is 29.3 Å². The molecule has 0 bridgehead atoms. The molecule has 1 heterocycles. The van der Waals surface area contributed by atoms with Crippen LogP contribution in [0.2, 0.25) is 0 Å². The number of anilines is 2. The van der Waals surface area contributed by atoms with E-state index in [0.717, 1.165) is 13.1 Å². The summed E-state index contributed by atoms with van der Waals surface area (Å²) in [6.45, 7) is 8.56. The SMILES string of the molecule is CC(C)(C)C1CN(c2ccc(N)cc2F)C1. The smallest absolute Gasteiger partial charge is 0.148 e. The molecule has 0 saturated carbocycles. The molecule has 88 valence electrons. The maximum absolute atomic E-state index is 13.6. The first-order chi connectivity index (χ1) is 7.38. The van der Waals surface area contributed by atoms with Gasteiger partial charge in [0.25, 0.3) is 0 Å². The predicted octanol–water partition coefficient (Wildman–Crippen LogP) is 2.89. The normalized spacial score (nSPS) is 17.4. The Hall–Kier alpha value is -1.25. The van der Waals surface area contributed by atoms with Gasteiger partial charge in [-0.15, -0.1) is 0 Å². The van der Waals surface area contributed by atoms with Crippen LogP contribution in [0.25, 0.3) is 0 Å². The van der Waals surface area contributed by atoms with Crippen LogP contribution in [0.1, 0.15) is 20.8 Å². The van der Waals surface area contributed by atoms with E-state index in [1.165, 1.54) is 6.07 Å². The van der Waals surface area contributed by atoms with Gasteiger partial charge in [-0.25, -0.2) is 4.39 Å². The maximum atomic E-state index is 13.6. The van der Waals surface area contributed by atoms with E-state index in [9.17, 15) is 4.39 Å². The molecule has 0 amide bonds. The summed E-state index contributed by atoms with van der Waals surface area (Å²) < 4.78 is 13.6. The second-order valence-corrected chi connectivity index (χ2v) is 5.68. The molecule has 1 aromatic carbocycles. The van der Waals surface area contributed by atoms with Crippen LogP contribution in [0.4, 0.5) is 15.8 Å². The lowest BCUT2D eigenvalue weighted by Gasteiger charge is -2.47. The van der Waals surface area contributed by atoms with Crippen LogP contribution in [0.3, 0.4) is 0 Å². The summed E-state index contributed by atoms with van der Waals surface area (Å²) in [6, 6.07) is 4.91. The first-order valence-corrected chi connectivity index (χ1v) is 5.68. The molecule has 2 rings (SSSR count). The lowest BCUT2D eigenvalue weighted by atomic mass is 9.76. The summed E-state index contributed by atoms with van der Waals surface area (Å²) in [7, 11) is 0. The maximum Gasteiger partial charge on any atom is 0.148 e. The van der Waals surface area contributed by atoms with Crippen molar-refractivity contribution in [3.8, 4) is 0 Å². The van der Waals surface area contributed by atoms with Crippen molar-refractivity contribution in [2.45, 2.75) is 20.8 Å². The number of nitrogens with zero attached hydrogens (tertiary/aromatic N) is 1. The van der Waals surface area contributed by atoms with E-state index in [-0.39, 0.29) is 5.82 Å². The molecular weight excluding hydrogens is 203 g/mol. The second-order valence-electron chi connectivity index (χ2n) is 5.68. The van der Waals surface area contributed by atoms with Gasteiger partial charge < -0.3 is 10.6 Å². The van der Waals surface area contributed by atoms with Crippen LogP contribution in [0.15, 0.2) is 18.2 Å². The molecule has 1 fully saturated rings. The predicted molar refractivity (Wildman–Crippen MR) is 66.0 cm³/mol. The molecule has 3 heteroatoms. The van der Waals surface area contributed by atoms with Gasteiger partial charge in [-0.3, -0.25) is 0 Å². The zero-order chi connectivity index (χ0) is 11.9.